The summed E-state index contributed by atoms with van der Waals surface area (Å²) in [5, 5.41) is 0. The van der Waals surface area contributed by atoms with E-state index in [2.05, 4.69) is 26.0 Å². The minimum absolute atomic E-state index is 0.839. The molecule has 0 heteroatoms. The highest BCUT2D eigenvalue weighted by Gasteiger charge is 2.32. The first-order chi connectivity index (χ1) is 10.3. The van der Waals surface area contributed by atoms with Crippen molar-refractivity contribution in [3.05, 3.63) is 12.2 Å². The van der Waals surface area contributed by atoms with Gasteiger partial charge in [0.2, 0.25) is 0 Å². The van der Waals surface area contributed by atoms with Crippen LogP contribution >= 0.6 is 0 Å². The van der Waals surface area contributed by atoms with Crippen molar-refractivity contribution in [2.45, 2.75) is 84.5 Å². The average Bonchev–Trinajstić information content (AvgIpc) is 2.56. The van der Waals surface area contributed by atoms with E-state index in [1.807, 2.05) is 0 Å². The minimum atomic E-state index is 0.839. The summed E-state index contributed by atoms with van der Waals surface area (Å²) in [5.41, 5.74) is 0. The van der Waals surface area contributed by atoms with E-state index >= 15 is 0 Å². The Morgan fingerprint density at radius 1 is 0.667 bits per heavy atom. The van der Waals surface area contributed by atoms with E-state index in [1.54, 1.807) is 25.7 Å². The lowest BCUT2D eigenvalue weighted by molar-refractivity contribution is 0.129. The molecule has 0 nitrogen and oxygen atoms in total. The van der Waals surface area contributed by atoms with Gasteiger partial charge in [-0.1, -0.05) is 45.3 Å². The van der Waals surface area contributed by atoms with E-state index in [0.717, 1.165) is 35.5 Å². The van der Waals surface area contributed by atoms with Crippen LogP contribution in [0.25, 0.3) is 0 Å². The van der Waals surface area contributed by atoms with Crippen molar-refractivity contribution in [1.82, 2.24) is 0 Å². The standard InChI is InChI=1S/C21H36/c1-3-17-6-10-19(11-7-17)21-14-12-20(13-15-21)18-8-4-16(2)5-9-18/h4,8,16-21H,3,5-7,9-15H2,1-2H3. The van der Waals surface area contributed by atoms with Crippen LogP contribution in [0.1, 0.15) is 84.5 Å². The molecule has 0 aromatic carbocycles. The van der Waals surface area contributed by atoms with Crippen molar-refractivity contribution >= 4 is 0 Å². The zero-order chi connectivity index (χ0) is 14.7. The number of allylic oxidation sites excluding steroid dienone is 2. The van der Waals surface area contributed by atoms with E-state index in [1.165, 1.54) is 44.9 Å². The molecule has 2 unspecified atom stereocenters. The summed E-state index contributed by atoms with van der Waals surface area (Å²) >= 11 is 0. The van der Waals surface area contributed by atoms with E-state index in [-0.39, 0.29) is 0 Å². The van der Waals surface area contributed by atoms with Crippen LogP contribution in [0.3, 0.4) is 0 Å². The first kappa shape index (κ1) is 15.6. The highest BCUT2D eigenvalue weighted by Crippen LogP contribution is 2.44. The Morgan fingerprint density at radius 2 is 1.24 bits per heavy atom. The van der Waals surface area contributed by atoms with Gasteiger partial charge in [-0.3, -0.25) is 0 Å². The van der Waals surface area contributed by atoms with Crippen LogP contribution in [-0.4, -0.2) is 0 Å². The van der Waals surface area contributed by atoms with Crippen LogP contribution in [0.15, 0.2) is 12.2 Å². The Bertz CT molecular complexity index is 326. The first-order valence-corrected chi connectivity index (χ1v) is 9.94. The van der Waals surface area contributed by atoms with Gasteiger partial charge in [-0.25, -0.2) is 0 Å². The van der Waals surface area contributed by atoms with Crippen LogP contribution < -0.4 is 0 Å². The van der Waals surface area contributed by atoms with Crippen LogP contribution in [0.5, 0.6) is 0 Å². The van der Waals surface area contributed by atoms with Crippen molar-refractivity contribution in [1.29, 1.82) is 0 Å². The van der Waals surface area contributed by atoms with Gasteiger partial charge < -0.3 is 0 Å². The van der Waals surface area contributed by atoms with Gasteiger partial charge in [-0.15, -0.1) is 0 Å². The highest BCUT2D eigenvalue weighted by molar-refractivity contribution is 4.99. The number of hydrogen-bond acceptors (Lipinski definition) is 0. The summed E-state index contributed by atoms with van der Waals surface area (Å²) in [5.74, 6) is 6.04. The molecule has 3 aliphatic rings. The molecule has 0 N–H and O–H groups in total. The summed E-state index contributed by atoms with van der Waals surface area (Å²) in [4.78, 5) is 0. The van der Waals surface area contributed by atoms with Crippen LogP contribution in [0.4, 0.5) is 0 Å². The van der Waals surface area contributed by atoms with Crippen molar-refractivity contribution in [2.24, 2.45) is 35.5 Å². The Balaban J connectivity index is 1.44. The second kappa shape index (κ2) is 7.34. The smallest absolute Gasteiger partial charge is 0.0205 e. The van der Waals surface area contributed by atoms with Crippen molar-refractivity contribution in [3.63, 3.8) is 0 Å². The number of hydrogen-bond donors (Lipinski definition) is 0. The summed E-state index contributed by atoms with van der Waals surface area (Å²) in [7, 11) is 0. The maximum absolute atomic E-state index is 2.58. The Labute approximate surface area is 132 Å². The van der Waals surface area contributed by atoms with Crippen molar-refractivity contribution < 1.29 is 0 Å². The maximum Gasteiger partial charge on any atom is -0.0205 e. The summed E-state index contributed by atoms with van der Waals surface area (Å²) < 4.78 is 0. The van der Waals surface area contributed by atoms with Gasteiger partial charge in [0.25, 0.3) is 0 Å². The number of rotatable bonds is 3. The molecule has 3 rings (SSSR count). The third-order valence-corrected chi connectivity index (χ3v) is 7.20. The van der Waals surface area contributed by atoms with Crippen molar-refractivity contribution in [2.75, 3.05) is 0 Å². The molecule has 0 saturated heterocycles. The molecule has 0 aliphatic heterocycles. The first-order valence-electron chi connectivity index (χ1n) is 9.94. The van der Waals surface area contributed by atoms with Crippen LogP contribution in [0, 0.1) is 35.5 Å². The zero-order valence-corrected chi connectivity index (χ0v) is 14.4. The van der Waals surface area contributed by atoms with Gasteiger partial charge in [-0.05, 0) is 86.9 Å². The molecule has 120 valence electrons. The van der Waals surface area contributed by atoms with Crippen LogP contribution in [0.2, 0.25) is 0 Å². The summed E-state index contributed by atoms with van der Waals surface area (Å²) in [6.07, 6.45) is 21.7. The fraction of sp³-hybridized carbons (Fsp3) is 0.905. The SMILES string of the molecule is CCC1CCC(C2CCC(C3C=CC(C)CC3)CC2)CC1. The van der Waals surface area contributed by atoms with Crippen LogP contribution in [-0.2, 0) is 0 Å². The normalized spacial score (nSPS) is 44.7. The molecule has 0 aromatic heterocycles. The predicted octanol–water partition coefficient (Wildman–Crippen LogP) is 6.61. The summed E-state index contributed by atoms with van der Waals surface area (Å²) in [6.45, 7) is 4.75. The van der Waals surface area contributed by atoms with Gasteiger partial charge in [0.1, 0.15) is 0 Å². The predicted molar refractivity (Wildman–Crippen MR) is 92.2 cm³/mol. The van der Waals surface area contributed by atoms with Gasteiger partial charge in [-0.2, -0.15) is 0 Å². The van der Waals surface area contributed by atoms with E-state index in [0.29, 0.717) is 0 Å². The monoisotopic (exact) mass is 288 g/mol. The van der Waals surface area contributed by atoms with E-state index < -0.39 is 0 Å². The minimum Gasteiger partial charge on any atom is -0.0854 e. The lowest BCUT2D eigenvalue weighted by Crippen LogP contribution is -2.28. The Hall–Kier alpha value is -0.260. The molecular weight excluding hydrogens is 252 g/mol. The molecular formula is C21H36. The lowest BCUT2D eigenvalue weighted by Gasteiger charge is -2.40. The lowest BCUT2D eigenvalue weighted by atomic mass is 9.66. The molecule has 0 aromatic rings. The Morgan fingerprint density at radius 3 is 1.76 bits per heavy atom. The largest absolute Gasteiger partial charge is 0.0854 e. The quantitative estimate of drug-likeness (QED) is 0.512. The van der Waals surface area contributed by atoms with Gasteiger partial charge in [0.15, 0.2) is 0 Å². The van der Waals surface area contributed by atoms with Crippen molar-refractivity contribution in [3.8, 4) is 0 Å². The molecule has 0 spiro atoms. The van der Waals surface area contributed by atoms with Gasteiger partial charge in [0, 0.05) is 0 Å². The molecule has 0 bridgehead atoms. The second-order valence-corrected chi connectivity index (χ2v) is 8.47. The Kier molecular flexibility index (Phi) is 5.46. The third-order valence-electron chi connectivity index (χ3n) is 7.20. The van der Waals surface area contributed by atoms with E-state index in [4.69, 9.17) is 0 Å². The summed E-state index contributed by atoms with van der Waals surface area (Å²) in [6, 6.07) is 0. The maximum atomic E-state index is 2.58. The molecule has 0 radical (unpaired) electrons. The highest BCUT2D eigenvalue weighted by atomic mass is 14.4. The average molecular weight is 289 g/mol. The fourth-order valence-electron chi connectivity index (χ4n) is 5.49. The third kappa shape index (κ3) is 3.93. The zero-order valence-electron chi connectivity index (χ0n) is 14.4. The van der Waals surface area contributed by atoms with E-state index in [9.17, 15) is 0 Å². The van der Waals surface area contributed by atoms with Gasteiger partial charge in [0.05, 0.1) is 0 Å². The fourth-order valence-corrected chi connectivity index (χ4v) is 5.49. The molecule has 3 aliphatic carbocycles. The molecule has 0 amide bonds. The molecule has 2 fully saturated rings. The van der Waals surface area contributed by atoms with Gasteiger partial charge >= 0.3 is 0 Å². The molecule has 0 heterocycles. The second-order valence-electron chi connectivity index (χ2n) is 8.47. The molecule has 2 atom stereocenters. The molecule has 21 heavy (non-hydrogen) atoms. The molecule has 2 saturated carbocycles. The topological polar surface area (TPSA) is 0 Å².